The number of hydrogen-bond donors (Lipinski definition) is 2. The zero-order valence-electron chi connectivity index (χ0n) is 12.8. The molecule has 3 rings (SSSR count). The number of thiophene rings is 1. The lowest BCUT2D eigenvalue weighted by molar-refractivity contribution is -0.122. The fraction of sp³-hybridized carbons (Fsp3) is 0.750. The summed E-state index contributed by atoms with van der Waals surface area (Å²) in [5.41, 5.74) is 3.17. The minimum Gasteiger partial charge on any atom is -0.496 e. The summed E-state index contributed by atoms with van der Waals surface area (Å²) in [5.74, 6) is 7.35. The molecule has 1 spiro atoms. The van der Waals surface area contributed by atoms with Crippen LogP contribution in [0.1, 0.15) is 55.9 Å². The van der Waals surface area contributed by atoms with E-state index in [-0.39, 0.29) is 11.6 Å². The van der Waals surface area contributed by atoms with Gasteiger partial charge in [-0.25, -0.2) is 0 Å². The third-order valence-electron chi connectivity index (χ3n) is 5.08. The van der Waals surface area contributed by atoms with Crippen molar-refractivity contribution >= 4 is 11.3 Å². The largest absolute Gasteiger partial charge is 0.496 e. The Labute approximate surface area is 131 Å². The molecular weight excluding hydrogens is 284 g/mol. The van der Waals surface area contributed by atoms with E-state index in [0.29, 0.717) is 5.92 Å². The maximum absolute atomic E-state index is 6.20. The second-order valence-electron chi connectivity index (χ2n) is 6.38. The second-order valence-corrected chi connectivity index (χ2v) is 7.32. The van der Waals surface area contributed by atoms with Crippen molar-refractivity contribution in [2.24, 2.45) is 11.8 Å². The van der Waals surface area contributed by atoms with Gasteiger partial charge in [0.15, 0.2) is 0 Å². The summed E-state index contributed by atoms with van der Waals surface area (Å²) in [6, 6.07) is 2.32. The standard InChI is InChI=1S/C16H26N2O2S/c1-19-13-9-14(21-11-13)15(18-17)12-5-8-20-16(10-12)6-3-2-4-7-16/h9,11-12,15,18H,2-8,10,17H2,1H3. The normalized spacial score (nSPS) is 26.7. The van der Waals surface area contributed by atoms with Crippen LogP contribution in [0.3, 0.4) is 0 Å². The topological polar surface area (TPSA) is 56.5 Å². The molecule has 4 nitrogen and oxygen atoms in total. The van der Waals surface area contributed by atoms with Gasteiger partial charge in [0, 0.05) is 16.9 Å². The third-order valence-corrected chi connectivity index (χ3v) is 6.08. The zero-order valence-corrected chi connectivity index (χ0v) is 13.6. The van der Waals surface area contributed by atoms with Crippen LogP contribution in [-0.2, 0) is 4.74 Å². The summed E-state index contributed by atoms with van der Waals surface area (Å²) < 4.78 is 11.5. The first-order valence-electron chi connectivity index (χ1n) is 7.99. The maximum Gasteiger partial charge on any atom is 0.129 e. The van der Waals surface area contributed by atoms with E-state index in [0.717, 1.165) is 25.2 Å². The number of nitrogens with one attached hydrogen (secondary N) is 1. The molecule has 118 valence electrons. The fourth-order valence-corrected chi connectivity index (χ4v) is 4.96. The molecule has 2 unspecified atom stereocenters. The number of ether oxygens (including phenoxy) is 2. The monoisotopic (exact) mass is 310 g/mol. The molecule has 0 bridgehead atoms. The van der Waals surface area contributed by atoms with Gasteiger partial charge in [-0.05, 0) is 37.7 Å². The first-order chi connectivity index (χ1) is 10.3. The molecule has 3 N–H and O–H groups in total. The molecule has 1 aromatic rings. The molecule has 5 heteroatoms. The van der Waals surface area contributed by atoms with Crippen LogP contribution in [0, 0.1) is 5.92 Å². The SMILES string of the molecule is COc1csc(C(NN)C2CCOC3(CCCCC3)C2)c1. The fourth-order valence-electron chi connectivity index (χ4n) is 3.95. The lowest BCUT2D eigenvalue weighted by atomic mass is 9.74. The summed E-state index contributed by atoms with van der Waals surface area (Å²) >= 11 is 1.73. The van der Waals surface area contributed by atoms with Crippen molar-refractivity contribution in [3.05, 3.63) is 16.3 Å². The predicted octanol–water partition coefficient (Wildman–Crippen LogP) is 3.39. The molecule has 0 amide bonds. The first-order valence-corrected chi connectivity index (χ1v) is 8.87. The van der Waals surface area contributed by atoms with E-state index in [1.54, 1.807) is 18.4 Å². The van der Waals surface area contributed by atoms with Crippen molar-refractivity contribution in [2.45, 2.75) is 56.6 Å². The minimum absolute atomic E-state index is 0.123. The van der Waals surface area contributed by atoms with Crippen LogP contribution in [0.25, 0.3) is 0 Å². The molecule has 2 heterocycles. The zero-order chi connectivity index (χ0) is 14.7. The Bertz CT molecular complexity index is 451. The highest BCUT2D eigenvalue weighted by molar-refractivity contribution is 7.10. The van der Waals surface area contributed by atoms with Gasteiger partial charge >= 0.3 is 0 Å². The van der Waals surface area contributed by atoms with E-state index in [4.69, 9.17) is 15.3 Å². The van der Waals surface area contributed by atoms with E-state index in [1.807, 2.05) is 0 Å². The molecule has 1 saturated heterocycles. The second kappa shape index (κ2) is 6.65. The number of hydrazine groups is 1. The van der Waals surface area contributed by atoms with Crippen molar-refractivity contribution in [1.82, 2.24) is 5.43 Å². The van der Waals surface area contributed by atoms with E-state index in [9.17, 15) is 0 Å². The van der Waals surface area contributed by atoms with Crippen molar-refractivity contribution in [2.75, 3.05) is 13.7 Å². The van der Waals surface area contributed by atoms with Gasteiger partial charge in [0.2, 0.25) is 0 Å². The Morgan fingerprint density at radius 3 is 2.90 bits per heavy atom. The van der Waals surface area contributed by atoms with Crippen LogP contribution >= 0.6 is 11.3 Å². The molecule has 2 fully saturated rings. The van der Waals surface area contributed by atoms with Crippen LogP contribution in [-0.4, -0.2) is 19.3 Å². The average Bonchev–Trinajstić information content (AvgIpc) is 2.98. The van der Waals surface area contributed by atoms with Gasteiger partial charge in [0.25, 0.3) is 0 Å². The Kier molecular flexibility index (Phi) is 4.84. The summed E-state index contributed by atoms with van der Waals surface area (Å²) in [5, 5.41) is 2.05. The Hall–Kier alpha value is -0.620. The van der Waals surface area contributed by atoms with Crippen molar-refractivity contribution < 1.29 is 9.47 Å². The van der Waals surface area contributed by atoms with Crippen molar-refractivity contribution in [3.63, 3.8) is 0 Å². The quantitative estimate of drug-likeness (QED) is 0.661. The van der Waals surface area contributed by atoms with Gasteiger partial charge in [-0.3, -0.25) is 11.3 Å². The Morgan fingerprint density at radius 1 is 1.43 bits per heavy atom. The van der Waals surface area contributed by atoms with Gasteiger partial charge in [-0.2, -0.15) is 0 Å². The van der Waals surface area contributed by atoms with E-state index >= 15 is 0 Å². The molecule has 1 aliphatic heterocycles. The molecule has 2 atom stereocenters. The lowest BCUT2D eigenvalue weighted by Gasteiger charge is -2.45. The molecule has 1 aliphatic carbocycles. The highest BCUT2D eigenvalue weighted by Gasteiger charge is 2.41. The predicted molar refractivity (Wildman–Crippen MR) is 85.4 cm³/mol. The van der Waals surface area contributed by atoms with Crippen molar-refractivity contribution in [3.8, 4) is 5.75 Å². The molecule has 0 aromatic carbocycles. The number of rotatable bonds is 4. The van der Waals surface area contributed by atoms with Gasteiger partial charge < -0.3 is 9.47 Å². The Balaban J connectivity index is 1.73. The van der Waals surface area contributed by atoms with E-state index in [2.05, 4.69) is 16.9 Å². The number of hydrogen-bond acceptors (Lipinski definition) is 5. The average molecular weight is 310 g/mol. The molecule has 1 saturated carbocycles. The van der Waals surface area contributed by atoms with Crippen LogP contribution in [0.15, 0.2) is 11.4 Å². The molecule has 2 aliphatic rings. The highest BCUT2D eigenvalue weighted by Crippen LogP contribution is 2.45. The molecule has 0 radical (unpaired) electrons. The smallest absolute Gasteiger partial charge is 0.129 e. The summed E-state index contributed by atoms with van der Waals surface area (Å²) in [4.78, 5) is 1.27. The van der Waals surface area contributed by atoms with Gasteiger partial charge in [-0.1, -0.05) is 19.3 Å². The third kappa shape index (κ3) is 3.26. The molecule has 21 heavy (non-hydrogen) atoms. The maximum atomic E-state index is 6.20. The van der Waals surface area contributed by atoms with Gasteiger partial charge in [0.05, 0.1) is 18.8 Å². The van der Waals surface area contributed by atoms with E-state index < -0.39 is 0 Å². The lowest BCUT2D eigenvalue weighted by Crippen LogP contribution is -2.45. The van der Waals surface area contributed by atoms with Crippen molar-refractivity contribution in [1.29, 1.82) is 0 Å². The summed E-state index contributed by atoms with van der Waals surface area (Å²) in [7, 11) is 1.71. The molecular formula is C16H26N2O2S. The minimum atomic E-state index is 0.123. The van der Waals surface area contributed by atoms with Crippen LogP contribution in [0.2, 0.25) is 0 Å². The van der Waals surface area contributed by atoms with Crippen LogP contribution in [0.5, 0.6) is 5.75 Å². The summed E-state index contributed by atoms with van der Waals surface area (Å²) in [6.07, 6.45) is 8.61. The van der Waals surface area contributed by atoms with Crippen LogP contribution in [0.4, 0.5) is 0 Å². The Morgan fingerprint density at radius 2 is 2.24 bits per heavy atom. The van der Waals surface area contributed by atoms with Gasteiger partial charge in [0.1, 0.15) is 5.75 Å². The highest BCUT2D eigenvalue weighted by atomic mass is 32.1. The molecule has 1 aromatic heterocycles. The van der Waals surface area contributed by atoms with E-state index in [1.165, 1.54) is 37.0 Å². The number of nitrogens with two attached hydrogens (primary N) is 1. The van der Waals surface area contributed by atoms with Gasteiger partial charge in [-0.15, -0.1) is 11.3 Å². The van der Waals surface area contributed by atoms with Crippen LogP contribution < -0.4 is 16.0 Å². The first kappa shape index (κ1) is 15.3. The summed E-state index contributed by atoms with van der Waals surface area (Å²) in [6.45, 7) is 0.866. The number of methoxy groups -OCH3 is 1.